The van der Waals surface area contributed by atoms with Crippen LogP contribution >= 0.6 is 0 Å². The predicted molar refractivity (Wildman–Crippen MR) is 107 cm³/mol. The number of allylic oxidation sites excluding steroid dienone is 4. The standard InChI is InChI=1S/C23H36O4/c1-16-18(10-12-22(3,4)20(16)24)26-14-8-7-9-15-27-19-11-13-23(5,6)21(25)17(19)2/h7-15H2,1-6H3. The Kier molecular flexibility index (Phi) is 6.93. The van der Waals surface area contributed by atoms with Gasteiger partial charge in [0.2, 0.25) is 0 Å². The second-order valence-electron chi connectivity index (χ2n) is 9.28. The maximum Gasteiger partial charge on any atom is 0.167 e. The summed E-state index contributed by atoms with van der Waals surface area (Å²) in [4.78, 5) is 24.6. The molecule has 0 heterocycles. The Balaban J connectivity index is 1.66. The molecule has 27 heavy (non-hydrogen) atoms. The number of carbonyl (C=O) groups is 2. The zero-order valence-corrected chi connectivity index (χ0v) is 18.0. The highest BCUT2D eigenvalue weighted by Gasteiger charge is 2.35. The molecule has 0 N–H and O–H groups in total. The van der Waals surface area contributed by atoms with Crippen LogP contribution in [0.4, 0.5) is 0 Å². The van der Waals surface area contributed by atoms with Crippen molar-refractivity contribution in [3.63, 3.8) is 0 Å². The van der Waals surface area contributed by atoms with Crippen molar-refractivity contribution in [1.29, 1.82) is 0 Å². The van der Waals surface area contributed by atoms with E-state index in [2.05, 4.69) is 0 Å². The highest BCUT2D eigenvalue weighted by Crippen LogP contribution is 2.37. The van der Waals surface area contributed by atoms with Crippen LogP contribution in [0.5, 0.6) is 0 Å². The van der Waals surface area contributed by atoms with Gasteiger partial charge in [0.1, 0.15) is 11.5 Å². The Morgan fingerprint density at radius 3 is 1.44 bits per heavy atom. The molecule has 0 radical (unpaired) electrons. The van der Waals surface area contributed by atoms with Gasteiger partial charge in [0.25, 0.3) is 0 Å². The van der Waals surface area contributed by atoms with E-state index in [0.717, 1.165) is 67.6 Å². The first-order chi connectivity index (χ1) is 12.6. The van der Waals surface area contributed by atoms with Gasteiger partial charge in [0.15, 0.2) is 11.6 Å². The van der Waals surface area contributed by atoms with Crippen LogP contribution in [0.2, 0.25) is 0 Å². The summed E-state index contributed by atoms with van der Waals surface area (Å²) in [6.07, 6.45) is 6.32. The number of Topliss-reactive ketones (excluding diaryl/α,β-unsaturated/α-hetero) is 2. The molecule has 4 nitrogen and oxygen atoms in total. The van der Waals surface area contributed by atoms with Gasteiger partial charge >= 0.3 is 0 Å². The zero-order chi connectivity index (χ0) is 20.2. The van der Waals surface area contributed by atoms with Crippen molar-refractivity contribution >= 4 is 11.6 Å². The molecule has 0 fully saturated rings. The number of ketones is 2. The van der Waals surface area contributed by atoms with E-state index in [4.69, 9.17) is 9.47 Å². The topological polar surface area (TPSA) is 52.6 Å². The molecule has 2 rings (SSSR count). The average Bonchev–Trinajstić information content (AvgIpc) is 2.61. The van der Waals surface area contributed by atoms with Crippen molar-refractivity contribution in [3.8, 4) is 0 Å². The summed E-state index contributed by atoms with van der Waals surface area (Å²) >= 11 is 0. The van der Waals surface area contributed by atoms with E-state index in [1.54, 1.807) is 0 Å². The van der Waals surface area contributed by atoms with Gasteiger partial charge in [-0.05, 0) is 46.0 Å². The normalized spacial score (nSPS) is 22.3. The highest BCUT2D eigenvalue weighted by molar-refractivity contribution is 6.00. The molecule has 0 aromatic heterocycles. The van der Waals surface area contributed by atoms with Crippen LogP contribution in [0.15, 0.2) is 22.7 Å². The number of ether oxygens (including phenoxy) is 2. The molecule has 0 aromatic rings. The quantitative estimate of drug-likeness (QED) is 0.524. The third kappa shape index (κ3) is 5.24. The number of hydrogen-bond acceptors (Lipinski definition) is 4. The molecular weight excluding hydrogens is 340 g/mol. The van der Waals surface area contributed by atoms with E-state index >= 15 is 0 Å². The van der Waals surface area contributed by atoms with Gasteiger partial charge in [-0.25, -0.2) is 0 Å². The van der Waals surface area contributed by atoms with Crippen LogP contribution in [-0.4, -0.2) is 24.8 Å². The summed E-state index contributed by atoms with van der Waals surface area (Å²) in [5.41, 5.74) is 1.08. The van der Waals surface area contributed by atoms with Crippen molar-refractivity contribution in [2.24, 2.45) is 10.8 Å². The number of hydrogen-bond donors (Lipinski definition) is 0. The molecule has 0 amide bonds. The fourth-order valence-corrected chi connectivity index (χ4v) is 3.86. The fraction of sp³-hybridized carbons (Fsp3) is 0.739. The van der Waals surface area contributed by atoms with Crippen LogP contribution in [0, 0.1) is 10.8 Å². The van der Waals surface area contributed by atoms with Crippen LogP contribution < -0.4 is 0 Å². The SMILES string of the molecule is CC1=C(OCCCCCOC2=C(C)C(=O)C(C)(C)CC2)CCC(C)(C)C1=O. The van der Waals surface area contributed by atoms with Gasteiger partial charge in [-0.3, -0.25) is 9.59 Å². The average molecular weight is 377 g/mol. The predicted octanol–water partition coefficient (Wildman–Crippen LogP) is 5.52. The minimum atomic E-state index is -0.253. The van der Waals surface area contributed by atoms with E-state index in [0.29, 0.717) is 13.2 Å². The smallest absolute Gasteiger partial charge is 0.167 e. The summed E-state index contributed by atoms with van der Waals surface area (Å²) < 4.78 is 11.7. The molecule has 4 heteroatoms. The first kappa shape index (κ1) is 21.7. The maximum atomic E-state index is 12.3. The van der Waals surface area contributed by atoms with Gasteiger partial charge in [-0.1, -0.05) is 27.7 Å². The minimum Gasteiger partial charge on any atom is -0.498 e. The van der Waals surface area contributed by atoms with Gasteiger partial charge in [-0.15, -0.1) is 0 Å². The molecule has 152 valence electrons. The van der Waals surface area contributed by atoms with Crippen molar-refractivity contribution in [1.82, 2.24) is 0 Å². The second kappa shape index (κ2) is 8.62. The van der Waals surface area contributed by atoms with E-state index in [1.807, 2.05) is 41.5 Å². The Hall–Kier alpha value is -1.58. The number of rotatable bonds is 8. The number of unbranched alkanes of at least 4 members (excludes halogenated alkanes) is 2. The summed E-state index contributed by atoms with van der Waals surface area (Å²) in [5.74, 6) is 2.18. The third-order valence-electron chi connectivity index (χ3n) is 6.04. The summed E-state index contributed by atoms with van der Waals surface area (Å²) in [7, 11) is 0. The monoisotopic (exact) mass is 376 g/mol. The molecule has 0 saturated heterocycles. The van der Waals surface area contributed by atoms with Crippen LogP contribution in [0.25, 0.3) is 0 Å². The lowest BCUT2D eigenvalue weighted by Crippen LogP contribution is -2.30. The van der Waals surface area contributed by atoms with E-state index < -0.39 is 0 Å². The molecule has 0 atom stereocenters. The maximum absolute atomic E-state index is 12.3. The Morgan fingerprint density at radius 1 is 0.704 bits per heavy atom. The summed E-state index contributed by atoms with van der Waals surface area (Å²) in [5, 5.41) is 0. The lowest BCUT2D eigenvalue weighted by atomic mass is 9.76. The van der Waals surface area contributed by atoms with Crippen molar-refractivity contribution in [2.75, 3.05) is 13.2 Å². The van der Waals surface area contributed by atoms with E-state index in [1.165, 1.54) is 0 Å². The first-order valence-electron chi connectivity index (χ1n) is 10.3. The molecule has 0 aliphatic heterocycles. The Bertz CT molecular complexity index is 593. The van der Waals surface area contributed by atoms with E-state index in [9.17, 15) is 9.59 Å². The molecule has 2 aliphatic carbocycles. The van der Waals surface area contributed by atoms with Gasteiger partial charge < -0.3 is 9.47 Å². The third-order valence-corrected chi connectivity index (χ3v) is 6.04. The molecule has 0 aromatic carbocycles. The van der Waals surface area contributed by atoms with Crippen molar-refractivity contribution in [3.05, 3.63) is 22.7 Å². The molecular formula is C23H36O4. The zero-order valence-electron chi connectivity index (χ0n) is 18.0. The summed E-state index contributed by atoms with van der Waals surface area (Å²) in [6.45, 7) is 13.1. The lowest BCUT2D eigenvalue weighted by Gasteiger charge is -2.30. The minimum absolute atomic E-state index is 0.214. The molecule has 0 bridgehead atoms. The Morgan fingerprint density at radius 2 is 1.07 bits per heavy atom. The largest absolute Gasteiger partial charge is 0.498 e. The molecule has 0 saturated carbocycles. The number of carbonyl (C=O) groups excluding carboxylic acids is 2. The van der Waals surface area contributed by atoms with E-state index in [-0.39, 0.29) is 22.4 Å². The first-order valence-corrected chi connectivity index (χ1v) is 10.3. The molecule has 0 spiro atoms. The fourth-order valence-electron chi connectivity index (χ4n) is 3.86. The molecule has 0 unspecified atom stereocenters. The highest BCUT2D eigenvalue weighted by atomic mass is 16.5. The summed E-state index contributed by atoms with van der Waals surface area (Å²) in [6, 6.07) is 0. The van der Waals surface area contributed by atoms with Crippen LogP contribution in [-0.2, 0) is 19.1 Å². The van der Waals surface area contributed by atoms with Crippen LogP contribution in [0.3, 0.4) is 0 Å². The van der Waals surface area contributed by atoms with Crippen molar-refractivity contribution < 1.29 is 19.1 Å². The molecule has 2 aliphatic rings. The van der Waals surface area contributed by atoms with Crippen molar-refractivity contribution in [2.45, 2.75) is 86.5 Å². The van der Waals surface area contributed by atoms with Gasteiger partial charge in [0, 0.05) is 34.8 Å². The second-order valence-corrected chi connectivity index (χ2v) is 9.28. The lowest BCUT2D eigenvalue weighted by molar-refractivity contribution is -0.125. The van der Waals surface area contributed by atoms with Crippen LogP contribution in [0.1, 0.15) is 86.5 Å². The van der Waals surface area contributed by atoms with Gasteiger partial charge in [-0.2, -0.15) is 0 Å². The Labute approximate surface area is 164 Å². The van der Waals surface area contributed by atoms with Gasteiger partial charge in [0.05, 0.1) is 13.2 Å².